The van der Waals surface area contributed by atoms with Gasteiger partial charge in [0, 0.05) is 27.5 Å². The van der Waals surface area contributed by atoms with Gasteiger partial charge in [-0.3, -0.25) is 0 Å². The van der Waals surface area contributed by atoms with Crippen LogP contribution in [-0.4, -0.2) is 15.0 Å². The van der Waals surface area contributed by atoms with Crippen molar-refractivity contribution < 1.29 is 4.42 Å². The van der Waals surface area contributed by atoms with Crippen molar-refractivity contribution >= 4 is 21.9 Å². The van der Waals surface area contributed by atoms with Crippen LogP contribution < -0.4 is 0 Å². The van der Waals surface area contributed by atoms with Gasteiger partial charge < -0.3 is 4.42 Å². The summed E-state index contributed by atoms with van der Waals surface area (Å²) >= 11 is 0. The lowest BCUT2D eigenvalue weighted by atomic mass is 9.96. The topological polar surface area (TPSA) is 75.6 Å². The Morgan fingerprint density at radius 2 is 0.882 bits per heavy atom. The highest BCUT2D eigenvalue weighted by molar-refractivity contribution is 6.13. The van der Waals surface area contributed by atoms with Crippen molar-refractivity contribution in [1.29, 1.82) is 5.26 Å². The Kier molecular flexibility index (Phi) is 7.46. The molecule has 0 aliphatic heterocycles. The van der Waals surface area contributed by atoms with Crippen molar-refractivity contribution in [3.63, 3.8) is 0 Å². The van der Waals surface area contributed by atoms with Crippen molar-refractivity contribution in [3.8, 4) is 73.6 Å². The number of nitriles is 1. The van der Waals surface area contributed by atoms with Crippen LogP contribution in [0.4, 0.5) is 0 Å². The molecule has 2 heterocycles. The molecule has 0 bridgehead atoms. The normalized spacial score (nSPS) is 11.1. The zero-order valence-electron chi connectivity index (χ0n) is 27.4. The lowest BCUT2D eigenvalue weighted by Crippen LogP contribution is -2.00. The van der Waals surface area contributed by atoms with Crippen molar-refractivity contribution in [2.24, 2.45) is 0 Å². The summed E-state index contributed by atoms with van der Waals surface area (Å²) in [7, 11) is 0. The van der Waals surface area contributed by atoms with E-state index in [0.29, 0.717) is 23.0 Å². The highest BCUT2D eigenvalue weighted by Gasteiger charge is 2.17. The van der Waals surface area contributed by atoms with E-state index in [9.17, 15) is 5.26 Å². The molecule has 5 nitrogen and oxygen atoms in total. The number of fused-ring (bicyclic) bond motifs is 3. The van der Waals surface area contributed by atoms with Crippen molar-refractivity contribution in [2.75, 3.05) is 0 Å². The first-order chi connectivity index (χ1) is 25.2. The van der Waals surface area contributed by atoms with Gasteiger partial charge in [-0.15, -0.1) is 0 Å². The van der Waals surface area contributed by atoms with Gasteiger partial charge in [0.25, 0.3) is 0 Å². The molecule has 0 aliphatic carbocycles. The summed E-state index contributed by atoms with van der Waals surface area (Å²) in [6, 6.07) is 59.3. The maximum Gasteiger partial charge on any atom is 0.164 e. The number of furan rings is 1. The second-order valence-corrected chi connectivity index (χ2v) is 12.3. The molecule has 0 radical (unpaired) electrons. The van der Waals surface area contributed by atoms with Crippen LogP contribution in [-0.2, 0) is 0 Å². The molecule has 0 aliphatic rings. The largest absolute Gasteiger partial charge is 0.456 e. The minimum Gasteiger partial charge on any atom is -0.456 e. The van der Waals surface area contributed by atoms with Gasteiger partial charge in [0.15, 0.2) is 17.5 Å². The molecule has 0 atom stereocenters. The number of aromatic nitrogens is 3. The Morgan fingerprint density at radius 1 is 0.392 bits per heavy atom. The van der Waals surface area contributed by atoms with Crippen LogP contribution in [0.5, 0.6) is 0 Å². The van der Waals surface area contributed by atoms with E-state index in [1.165, 1.54) is 11.1 Å². The highest BCUT2D eigenvalue weighted by Crippen LogP contribution is 2.39. The average Bonchev–Trinajstić information content (AvgIpc) is 3.60. The van der Waals surface area contributed by atoms with Crippen molar-refractivity contribution in [2.45, 2.75) is 0 Å². The third kappa shape index (κ3) is 5.61. The van der Waals surface area contributed by atoms with Gasteiger partial charge >= 0.3 is 0 Å². The smallest absolute Gasteiger partial charge is 0.164 e. The summed E-state index contributed by atoms with van der Waals surface area (Å²) < 4.78 is 6.48. The molecule has 5 heteroatoms. The second kappa shape index (κ2) is 12.7. The van der Waals surface area contributed by atoms with Gasteiger partial charge in [-0.05, 0) is 57.6 Å². The van der Waals surface area contributed by atoms with E-state index in [4.69, 9.17) is 19.4 Å². The number of nitrogens with zero attached hydrogens (tertiary/aromatic N) is 4. The first kappa shape index (κ1) is 29.9. The summed E-state index contributed by atoms with van der Waals surface area (Å²) in [6.45, 7) is 0. The Labute approximate surface area is 294 Å². The Balaban J connectivity index is 1.12. The minimum absolute atomic E-state index is 0.553. The standard InChI is InChI=1S/C46H28N4O/c47-29-37-14-7-8-15-38(37)32-22-24-35(25-23-32)45-48-44(34-12-5-2-6-13-34)49-46(50-45)36-26-27-40-42(28-36)51-41-17-9-16-39(43(40)41)33-20-18-31(19-21-33)30-10-3-1-4-11-30/h1-28H. The predicted molar refractivity (Wildman–Crippen MR) is 204 cm³/mol. The fraction of sp³-hybridized carbons (Fsp3) is 0. The summed E-state index contributed by atoms with van der Waals surface area (Å²) in [5.41, 5.74) is 11.3. The van der Waals surface area contributed by atoms with E-state index in [1.54, 1.807) is 0 Å². The first-order valence-corrected chi connectivity index (χ1v) is 16.7. The zero-order valence-corrected chi connectivity index (χ0v) is 27.4. The van der Waals surface area contributed by atoms with Crippen LogP contribution in [0.25, 0.3) is 89.5 Å². The van der Waals surface area contributed by atoms with Crippen LogP contribution in [0.2, 0.25) is 0 Å². The van der Waals surface area contributed by atoms with Crippen LogP contribution in [0.3, 0.4) is 0 Å². The maximum atomic E-state index is 9.62. The number of hydrogen-bond acceptors (Lipinski definition) is 5. The van der Waals surface area contributed by atoms with E-state index in [-0.39, 0.29) is 0 Å². The van der Waals surface area contributed by atoms with Crippen molar-refractivity contribution in [1.82, 2.24) is 15.0 Å². The van der Waals surface area contributed by atoms with Crippen LogP contribution in [0.15, 0.2) is 174 Å². The molecule has 0 spiro atoms. The Hall–Kier alpha value is -7.16. The third-order valence-electron chi connectivity index (χ3n) is 9.23. The second-order valence-electron chi connectivity index (χ2n) is 12.3. The summed E-state index contributed by atoms with van der Waals surface area (Å²) in [5.74, 6) is 1.70. The molecule has 9 rings (SSSR count). The number of benzene rings is 7. The zero-order chi connectivity index (χ0) is 34.1. The quantitative estimate of drug-likeness (QED) is 0.179. The molecular formula is C46H28N4O. The summed E-state index contributed by atoms with van der Waals surface area (Å²) in [4.78, 5) is 14.8. The van der Waals surface area contributed by atoms with E-state index < -0.39 is 0 Å². The van der Waals surface area contributed by atoms with Gasteiger partial charge in [-0.2, -0.15) is 5.26 Å². The molecular weight excluding hydrogens is 625 g/mol. The molecule has 238 valence electrons. The molecule has 51 heavy (non-hydrogen) atoms. The van der Waals surface area contributed by atoms with Crippen LogP contribution >= 0.6 is 0 Å². The fourth-order valence-corrected chi connectivity index (χ4v) is 6.66. The lowest BCUT2D eigenvalue weighted by Gasteiger charge is -2.09. The van der Waals surface area contributed by atoms with Gasteiger partial charge in [-0.25, -0.2) is 15.0 Å². The fourth-order valence-electron chi connectivity index (χ4n) is 6.66. The molecule has 2 aromatic heterocycles. The van der Waals surface area contributed by atoms with Gasteiger partial charge in [0.1, 0.15) is 11.2 Å². The van der Waals surface area contributed by atoms with Crippen LogP contribution in [0, 0.1) is 11.3 Å². The molecule has 0 N–H and O–H groups in total. The van der Waals surface area contributed by atoms with E-state index in [1.807, 2.05) is 103 Å². The van der Waals surface area contributed by atoms with E-state index >= 15 is 0 Å². The molecule has 0 saturated heterocycles. The van der Waals surface area contributed by atoms with Gasteiger partial charge in [0.05, 0.1) is 11.6 Å². The van der Waals surface area contributed by atoms with Gasteiger partial charge in [-0.1, -0.05) is 146 Å². The Morgan fingerprint density at radius 3 is 1.57 bits per heavy atom. The Bertz CT molecular complexity index is 2730. The SMILES string of the molecule is N#Cc1ccccc1-c1ccc(-c2nc(-c3ccccc3)nc(-c3ccc4c(c3)oc3cccc(-c5ccc(-c6ccccc6)cc5)c34)n2)cc1. The number of rotatable bonds is 6. The molecule has 0 saturated carbocycles. The maximum absolute atomic E-state index is 9.62. The third-order valence-corrected chi connectivity index (χ3v) is 9.23. The number of hydrogen-bond donors (Lipinski definition) is 0. The first-order valence-electron chi connectivity index (χ1n) is 16.7. The monoisotopic (exact) mass is 652 g/mol. The highest BCUT2D eigenvalue weighted by atomic mass is 16.3. The van der Waals surface area contributed by atoms with Crippen LogP contribution in [0.1, 0.15) is 5.56 Å². The molecule has 0 fully saturated rings. The minimum atomic E-state index is 0.553. The molecule has 0 amide bonds. The van der Waals surface area contributed by atoms with Crippen molar-refractivity contribution in [3.05, 3.63) is 175 Å². The summed E-state index contributed by atoms with van der Waals surface area (Å²) in [6.07, 6.45) is 0. The molecule has 0 unspecified atom stereocenters. The van der Waals surface area contributed by atoms with Gasteiger partial charge in [0.2, 0.25) is 0 Å². The lowest BCUT2D eigenvalue weighted by molar-refractivity contribution is 0.669. The average molecular weight is 653 g/mol. The molecule has 9 aromatic rings. The molecule has 7 aromatic carbocycles. The predicted octanol–water partition coefficient (Wildman–Crippen LogP) is 11.6. The van der Waals surface area contributed by atoms with E-state index in [2.05, 4.69) is 72.8 Å². The van der Waals surface area contributed by atoms with E-state index in [0.717, 1.165) is 60.9 Å². The summed E-state index contributed by atoms with van der Waals surface area (Å²) in [5, 5.41) is 11.7.